The van der Waals surface area contributed by atoms with Crippen molar-refractivity contribution < 1.29 is 18.7 Å². The van der Waals surface area contributed by atoms with Crippen LogP contribution in [0.4, 0.5) is 0 Å². The van der Waals surface area contributed by atoms with Crippen LogP contribution in [0.15, 0.2) is 4.42 Å². The third-order valence-corrected chi connectivity index (χ3v) is 2.48. The molecule has 0 aromatic carbocycles. The second-order valence-corrected chi connectivity index (χ2v) is 3.93. The molecule has 0 aliphatic carbocycles. The number of carbonyl (C=O) groups is 1. The Kier molecular flexibility index (Phi) is 6.43. The second kappa shape index (κ2) is 7.87. The summed E-state index contributed by atoms with van der Waals surface area (Å²) in [7, 11) is 1.34. The molecule has 0 bridgehead atoms. The minimum Gasteiger partial charge on any atom is -0.463 e. The van der Waals surface area contributed by atoms with Gasteiger partial charge >= 0.3 is 5.97 Å². The normalized spacial score (nSPS) is 10.6. The molecule has 0 radical (unpaired) electrons. The van der Waals surface area contributed by atoms with E-state index >= 15 is 0 Å². The van der Waals surface area contributed by atoms with Gasteiger partial charge in [0, 0.05) is 19.6 Å². The number of esters is 1. The summed E-state index contributed by atoms with van der Waals surface area (Å²) < 4.78 is 15.4. The van der Waals surface area contributed by atoms with Crippen LogP contribution in [0.3, 0.4) is 0 Å². The molecule has 0 spiro atoms. The van der Waals surface area contributed by atoms with Crippen LogP contribution in [0.25, 0.3) is 0 Å². The van der Waals surface area contributed by atoms with Gasteiger partial charge in [-0.05, 0) is 19.8 Å². The molecule has 18 heavy (non-hydrogen) atoms. The Morgan fingerprint density at radius 3 is 2.72 bits per heavy atom. The van der Waals surface area contributed by atoms with Crippen LogP contribution >= 0.6 is 0 Å². The first-order valence-corrected chi connectivity index (χ1v) is 6.37. The molecule has 5 nitrogen and oxygen atoms in total. The van der Waals surface area contributed by atoms with Gasteiger partial charge in [-0.25, -0.2) is 9.78 Å². The first-order chi connectivity index (χ1) is 8.72. The molecule has 0 unspecified atom stereocenters. The molecular weight excluding hydrogens is 234 g/mol. The van der Waals surface area contributed by atoms with Crippen molar-refractivity contribution >= 4 is 5.97 Å². The van der Waals surface area contributed by atoms with Crippen molar-refractivity contribution in [1.29, 1.82) is 0 Å². The van der Waals surface area contributed by atoms with Crippen LogP contribution in [0, 0.1) is 0 Å². The minimum atomic E-state index is -0.456. The summed E-state index contributed by atoms with van der Waals surface area (Å²) in [6.07, 6.45) is 3.14. The number of hydrogen-bond donors (Lipinski definition) is 0. The van der Waals surface area contributed by atoms with E-state index in [0.717, 1.165) is 19.3 Å². The maximum atomic E-state index is 11.5. The van der Waals surface area contributed by atoms with Crippen LogP contribution in [0.5, 0.6) is 0 Å². The molecule has 0 fully saturated rings. The van der Waals surface area contributed by atoms with Crippen LogP contribution in [-0.4, -0.2) is 31.3 Å². The molecule has 1 aromatic rings. The number of oxazole rings is 1. The van der Waals surface area contributed by atoms with Gasteiger partial charge in [-0.2, -0.15) is 0 Å². The predicted molar refractivity (Wildman–Crippen MR) is 66.7 cm³/mol. The second-order valence-electron chi connectivity index (χ2n) is 3.93. The highest BCUT2D eigenvalue weighted by Crippen LogP contribution is 2.15. The molecule has 0 aliphatic heterocycles. The van der Waals surface area contributed by atoms with E-state index < -0.39 is 5.97 Å². The lowest BCUT2D eigenvalue weighted by molar-refractivity contribution is 0.0561. The van der Waals surface area contributed by atoms with Gasteiger partial charge in [-0.3, -0.25) is 0 Å². The lowest BCUT2D eigenvalue weighted by atomic mass is 10.2. The van der Waals surface area contributed by atoms with Crippen molar-refractivity contribution in [2.45, 2.75) is 39.5 Å². The number of rotatable bonds is 8. The van der Waals surface area contributed by atoms with Crippen molar-refractivity contribution in [1.82, 2.24) is 4.98 Å². The summed E-state index contributed by atoms with van der Waals surface area (Å²) in [5, 5.41) is 0. The van der Waals surface area contributed by atoms with Crippen molar-refractivity contribution in [3.63, 3.8) is 0 Å². The number of aryl methyl sites for hydroxylation is 2. The summed E-state index contributed by atoms with van der Waals surface area (Å²) in [4.78, 5) is 15.9. The molecule has 0 saturated heterocycles. The quantitative estimate of drug-likeness (QED) is 0.527. The summed E-state index contributed by atoms with van der Waals surface area (Å²) in [6, 6.07) is 0. The molecule has 1 heterocycles. The molecule has 0 aliphatic rings. The van der Waals surface area contributed by atoms with E-state index in [2.05, 4.69) is 9.72 Å². The van der Waals surface area contributed by atoms with Gasteiger partial charge in [0.15, 0.2) is 5.89 Å². The predicted octanol–water partition coefficient (Wildman–Crippen LogP) is 2.38. The monoisotopic (exact) mass is 255 g/mol. The van der Waals surface area contributed by atoms with Crippen LogP contribution < -0.4 is 0 Å². The molecule has 102 valence electrons. The van der Waals surface area contributed by atoms with E-state index in [9.17, 15) is 4.79 Å². The Hall–Kier alpha value is -1.36. The summed E-state index contributed by atoms with van der Waals surface area (Å²) in [5.41, 5.74) is 0.691. The number of ether oxygens (including phenoxy) is 2. The van der Waals surface area contributed by atoms with Crippen LogP contribution in [-0.2, 0) is 22.3 Å². The Balaban J connectivity index is 2.66. The zero-order chi connectivity index (χ0) is 13.4. The van der Waals surface area contributed by atoms with E-state index in [1.165, 1.54) is 7.11 Å². The molecule has 0 saturated carbocycles. The van der Waals surface area contributed by atoms with E-state index in [0.29, 0.717) is 31.2 Å². The van der Waals surface area contributed by atoms with Crippen molar-refractivity contribution in [3.8, 4) is 0 Å². The molecular formula is C13H21NO4. The molecule has 0 N–H and O–H groups in total. The maximum Gasteiger partial charge on any atom is 0.375 e. The Labute approximate surface area is 107 Å². The zero-order valence-corrected chi connectivity index (χ0v) is 11.3. The zero-order valence-electron chi connectivity index (χ0n) is 11.3. The molecule has 1 rings (SSSR count). The van der Waals surface area contributed by atoms with E-state index in [1.54, 1.807) is 0 Å². The van der Waals surface area contributed by atoms with E-state index in [-0.39, 0.29) is 5.76 Å². The highest BCUT2D eigenvalue weighted by molar-refractivity contribution is 5.87. The van der Waals surface area contributed by atoms with E-state index in [4.69, 9.17) is 9.15 Å². The van der Waals surface area contributed by atoms with Gasteiger partial charge in [0.05, 0.1) is 12.8 Å². The average molecular weight is 255 g/mol. The SMILES string of the molecule is CCCc1nc(CCCOCC)oc1C(=O)OC. The number of methoxy groups -OCH3 is 1. The van der Waals surface area contributed by atoms with Gasteiger partial charge in [-0.1, -0.05) is 13.3 Å². The minimum absolute atomic E-state index is 0.241. The molecule has 5 heteroatoms. The Morgan fingerprint density at radius 1 is 1.33 bits per heavy atom. The average Bonchev–Trinajstić information content (AvgIpc) is 2.77. The largest absolute Gasteiger partial charge is 0.463 e. The van der Waals surface area contributed by atoms with Gasteiger partial charge in [0.25, 0.3) is 0 Å². The number of nitrogens with zero attached hydrogens (tertiary/aromatic N) is 1. The fourth-order valence-electron chi connectivity index (χ4n) is 1.64. The Bertz CT molecular complexity index is 373. The molecule has 1 aromatic heterocycles. The number of carbonyl (C=O) groups excluding carboxylic acids is 1. The van der Waals surface area contributed by atoms with Crippen molar-refractivity contribution in [2.75, 3.05) is 20.3 Å². The summed E-state index contributed by atoms with van der Waals surface area (Å²) in [6.45, 7) is 5.37. The van der Waals surface area contributed by atoms with Gasteiger partial charge in [0.1, 0.15) is 0 Å². The first-order valence-electron chi connectivity index (χ1n) is 6.37. The fourth-order valence-corrected chi connectivity index (χ4v) is 1.64. The lowest BCUT2D eigenvalue weighted by Crippen LogP contribution is -2.03. The fraction of sp³-hybridized carbons (Fsp3) is 0.692. The van der Waals surface area contributed by atoms with Crippen molar-refractivity contribution in [3.05, 3.63) is 17.3 Å². The summed E-state index contributed by atoms with van der Waals surface area (Å²) >= 11 is 0. The van der Waals surface area contributed by atoms with Crippen LogP contribution in [0.1, 0.15) is 48.8 Å². The highest BCUT2D eigenvalue weighted by Gasteiger charge is 2.19. The Morgan fingerprint density at radius 2 is 2.11 bits per heavy atom. The standard InChI is InChI=1S/C13H21NO4/c1-4-7-10-12(13(15)16-3)18-11(14-10)8-6-9-17-5-2/h4-9H2,1-3H3. The van der Waals surface area contributed by atoms with Gasteiger partial charge in [-0.15, -0.1) is 0 Å². The smallest absolute Gasteiger partial charge is 0.375 e. The van der Waals surface area contributed by atoms with Crippen molar-refractivity contribution in [2.24, 2.45) is 0 Å². The highest BCUT2D eigenvalue weighted by atomic mass is 16.5. The first kappa shape index (κ1) is 14.7. The maximum absolute atomic E-state index is 11.5. The van der Waals surface area contributed by atoms with Gasteiger partial charge in [0.2, 0.25) is 5.76 Å². The van der Waals surface area contributed by atoms with Gasteiger partial charge < -0.3 is 13.9 Å². The van der Waals surface area contributed by atoms with E-state index in [1.807, 2.05) is 13.8 Å². The topological polar surface area (TPSA) is 61.6 Å². The third kappa shape index (κ3) is 4.14. The van der Waals surface area contributed by atoms with Crippen LogP contribution in [0.2, 0.25) is 0 Å². The third-order valence-electron chi connectivity index (χ3n) is 2.48. The summed E-state index contributed by atoms with van der Waals surface area (Å²) in [5.74, 6) is 0.367. The number of aromatic nitrogens is 1. The molecule has 0 atom stereocenters. The lowest BCUT2D eigenvalue weighted by Gasteiger charge is -1.97. The number of hydrogen-bond acceptors (Lipinski definition) is 5. The molecule has 0 amide bonds.